The Hall–Kier alpha value is -2.72. The summed E-state index contributed by atoms with van der Waals surface area (Å²) in [4.78, 5) is 0. The second-order valence-corrected chi connectivity index (χ2v) is 5.52. The van der Waals surface area contributed by atoms with Gasteiger partial charge >= 0.3 is 24.2 Å². The van der Waals surface area contributed by atoms with Crippen molar-refractivity contribution in [2.24, 2.45) is 10.2 Å². The van der Waals surface area contributed by atoms with Crippen molar-refractivity contribution in [2.45, 2.75) is 24.2 Å². The zero-order valence-corrected chi connectivity index (χ0v) is 13.8. The molecule has 28 heavy (non-hydrogen) atoms. The third kappa shape index (κ3) is 4.57. The number of halogens is 8. The molecule has 0 saturated heterocycles. The molecule has 2 rings (SSSR count). The van der Waals surface area contributed by atoms with Gasteiger partial charge in [-0.25, -0.2) is 8.78 Å². The van der Waals surface area contributed by atoms with E-state index in [4.69, 9.17) is 0 Å². The maximum atomic E-state index is 13.4. The SMILES string of the molecule is FC(F)C(F)(F)C(F)(F)C(F)(F)COc1ccc(N=Nc2ccccc2)cc1. The highest BCUT2D eigenvalue weighted by atomic mass is 19.4. The van der Waals surface area contributed by atoms with E-state index in [0.717, 1.165) is 12.1 Å². The van der Waals surface area contributed by atoms with E-state index >= 15 is 0 Å². The zero-order chi connectivity index (χ0) is 21.0. The van der Waals surface area contributed by atoms with Gasteiger partial charge in [0.05, 0.1) is 11.4 Å². The van der Waals surface area contributed by atoms with Crippen LogP contribution in [0.25, 0.3) is 0 Å². The molecule has 0 bridgehead atoms. The van der Waals surface area contributed by atoms with Crippen LogP contribution in [-0.2, 0) is 0 Å². The third-order valence-corrected chi connectivity index (χ3v) is 3.45. The van der Waals surface area contributed by atoms with Crippen LogP contribution in [0, 0.1) is 0 Å². The molecule has 0 N–H and O–H groups in total. The predicted molar refractivity (Wildman–Crippen MR) is 83.4 cm³/mol. The first-order chi connectivity index (χ1) is 13.0. The molecule has 0 amide bonds. The van der Waals surface area contributed by atoms with Gasteiger partial charge in [0.25, 0.3) is 0 Å². The molecule has 0 saturated carbocycles. The minimum atomic E-state index is -6.31. The fourth-order valence-corrected chi connectivity index (χ4v) is 1.86. The van der Waals surface area contributed by atoms with E-state index in [1.165, 1.54) is 12.1 Å². The van der Waals surface area contributed by atoms with Crippen molar-refractivity contribution in [1.29, 1.82) is 0 Å². The van der Waals surface area contributed by atoms with Crippen LogP contribution in [0.5, 0.6) is 5.75 Å². The zero-order valence-electron chi connectivity index (χ0n) is 13.8. The fourth-order valence-electron chi connectivity index (χ4n) is 1.86. The molecule has 0 aliphatic carbocycles. The standard InChI is InChI=1S/C17H12F8N2O/c18-14(19)16(22,23)17(24,25)15(20,21)10-28-13-8-6-12(7-9-13)27-26-11-4-2-1-3-5-11/h1-9,14H,10H2. The van der Waals surface area contributed by atoms with E-state index in [0.29, 0.717) is 5.69 Å². The molecule has 0 radical (unpaired) electrons. The molecular formula is C17H12F8N2O. The molecule has 0 atom stereocenters. The van der Waals surface area contributed by atoms with Crippen molar-refractivity contribution >= 4 is 11.4 Å². The summed E-state index contributed by atoms with van der Waals surface area (Å²) in [7, 11) is 0. The van der Waals surface area contributed by atoms with Gasteiger partial charge in [0, 0.05) is 0 Å². The average molecular weight is 412 g/mol. The Morgan fingerprint density at radius 2 is 1.25 bits per heavy atom. The lowest BCUT2D eigenvalue weighted by Gasteiger charge is -2.31. The number of benzene rings is 2. The molecule has 0 aliphatic heterocycles. The summed E-state index contributed by atoms with van der Waals surface area (Å²) in [5, 5.41) is 7.71. The Balaban J connectivity index is 2.03. The van der Waals surface area contributed by atoms with Crippen molar-refractivity contribution in [2.75, 3.05) is 6.61 Å². The highest BCUT2D eigenvalue weighted by molar-refractivity contribution is 5.42. The van der Waals surface area contributed by atoms with Gasteiger partial charge in [-0.1, -0.05) is 18.2 Å². The molecular weight excluding hydrogens is 400 g/mol. The lowest BCUT2D eigenvalue weighted by Crippen LogP contribution is -2.59. The van der Waals surface area contributed by atoms with Gasteiger partial charge in [0.1, 0.15) is 5.75 Å². The van der Waals surface area contributed by atoms with E-state index in [2.05, 4.69) is 15.0 Å². The lowest BCUT2D eigenvalue weighted by atomic mass is 10.1. The minimum Gasteiger partial charge on any atom is -0.487 e. The van der Waals surface area contributed by atoms with Crippen LogP contribution in [-0.4, -0.2) is 30.8 Å². The van der Waals surface area contributed by atoms with Gasteiger partial charge in [0.2, 0.25) is 0 Å². The molecule has 0 heterocycles. The summed E-state index contributed by atoms with van der Waals surface area (Å²) in [6.45, 7) is -2.23. The molecule has 0 aliphatic rings. The Bertz CT molecular complexity index is 795. The molecule has 2 aromatic carbocycles. The normalized spacial score (nSPS) is 13.3. The molecule has 11 heteroatoms. The predicted octanol–water partition coefficient (Wildman–Crippen LogP) is 6.65. The second kappa shape index (κ2) is 8.11. The number of rotatable bonds is 8. The van der Waals surface area contributed by atoms with E-state index < -0.39 is 30.8 Å². The van der Waals surface area contributed by atoms with Crippen molar-refractivity contribution in [3.63, 3.8) is 0 Å². The Kier molecular flexibility index (Phi) is 6.25. The van der Waals surface area contributed by atoms with E-state index in [9.17, 15) is 35.1 Å². The van der Waals surface area contributed by atoms with Crippen molar-refractivity contribution in [1.82, 2.24) is 0 Å². The topological polar surface area (TPSA) is 34.0 Å². The van der Waals surface area contributed by atoms with Gasteiger partial charge in [0.15, 0.2) is 6.61 Å². The van der Waals surface area contributed by atoms with E-state index in [-0.39, 0.29) is 11.4 Å². The van der Waals surface area contributed by atoms with Crippen LogP contribution in [0.3, 0.4) is 0 Å². The van der Waals surface area contributed by atoms with Gasteiger partial charge in [-0.15, -0.1) is 0 Å². The molecule has 0 aromatic heterocycles. The van der Waals surface area contributed by atoms with Gasteiger partial charge in [-0.2, -0.15) is 36.6 Å². The molecule has 3 nitrogen and oxygen atoms in total. The number of alkyl halides is 8. The minimum absolute atomic E-state index is 0.262. The maximum Gasteiger partial charge on any atom is 0.381 e. The van der Waals surface area contributed by atoms with Crippen LogP contribution >= 0.6 is 0 Å². The largest absolute Gasteiger partial charge is 0.487 e. The second-order valence-electron chi connectivity index (χ2n) is 5.52. The average Bonchev–Trinajstić information content (AvgIpc) is 2.66. The summed E-state index contributed by atoms with van der Waals surface area (Å²) in [6.07, 6.45) is -4.97. The van der Waals surface area contributed by atoms with Gasteiger partial charge in [-0.3, -0.25) is 0 Å². The van der Waals surface area contributed by atoms with Gasteiger partial charge < -0.3 is 4.74 Å². The quantitative estimate of drug-likeness (QED) is 0.353. The summed E-state index contributed by atoms with van der Waals surface area (Å²) < 4.78 is 107. The van der Waals surface area contributed by atoms with E-state index in [1.54, 1.807) is 30.3 Å². The number of ether oxygens (including phenoxy) is 1. The lowest BCUT2D eigenvalue weighted by molar-refractivity contribution is -0.342. The molecule has 2 aromatic rings. The van der Waals surface area contributed by atoms with Crippen LogP contribution in [0.2, 0.25) is 0 Å². The summed E-state index contributed by atoms with van der Waals surface area (Å²) in [5.74, 6) is -18.5. The first-order valence-corrected chi connectivity index (χ1v) is 7.58. The Labute approximate surface area is 153 Å². The van der Waals surface area contributed by atoms with Crippen LogP contribution in [0.1, 0.15) is 0 Å². The molecule has 0 fully saturated rings. The van der Waals surface area contributed by atoms with Crippen molar-refractivity contribution in [3.8, 4) is 5.75 Å². The van der Waals surface area contributed by atoms with Crippen LogP contribution in [0.15, 0.2) is 64.8 Å². The number of hydrogen-bond donors (Lipinski definition) is 0. The Morgan fingerprint density at radius 1 is 0.750 bits per heavy atom. The number of nitrogens with zero attached hydrogens (tertiary/aromatic N) is 2. The fraction of sp³-hybridized carbons (Fsp3) is 0.294. The Morgan fingerprint density at radius 3 is 1.75 bits per heavy atom. The molecule has 0 spiro atoms. The maximum absolute atomic E-state index is 13.4. The van der Waals surface area contributed by atoms with Crippen molar-refractivity contribution in [3.05, 3.63) is 54.6 Å². The van der Waals surface area contributed by atoms with Crippen molar-refractivity contribution < 1.29 is 39.9 Å². The monoisotopic (exact) mass is 412 g/mol. The highest BCUT2D eigenvalue weighted by Gasteiger charge is 2.75. The third-order valence-electron chi connectivity index (χ3n) is 3.45. The number of hydrogen-bond acceptors (Lipinski definition) is 3. The summed E-state index contributed by atoms with van der Waals surface area (Å²) in [5.41, 5.74) is 0.794. The summed E-state index contributed by atoms with van der Waals surface area (Å²) >= 11 is 0. The van der Waals surface area contributed by atoms with Crippen LogP contribution < -0.4 is 4.74 Å². The van der Waals surface area contributed by atoms with E-state index in [1.807, 2.05) is 0 Å². The number of azo groups is 1. The molecule has 0 unspecified atom stereocenters. The smallest absolute Gasteiger partial charge is 0.381 e. The first-order valence-electron chi connectivity index (χ1n) is 7.58. The highest BCUT2D eigenvalue weighted by Crippen LogP contribution is 2.48. The summed E-state index contributed by atoms with van der Waals surface area (Å²) in [6, 6.07) is 13.1. The van der Waals surface area contributed by atoms with Gasteiger partial charge in [-0.05, 0) is 36.4 Å². The van der Waals surface area contributed by atoms with Crippen LogP contribution in [0.4, 0.5) is 46.5 Å². The molecule has 152 valence electrons. The first kappa shape index (κ1) is 21.6.